The summed E-state index contributed by atoms with van der Waals surface area (Å²) in [6.45, 7) is 8.14. The summed E-state index contributed by atoms with van der Waals surface area (Å²) in [6.07, 6.45) is 3.27. The van der Waals surface area contributed by atoms with E-state index in [9.17, 15) is 9.18 Å². The van der Waals surface area contributed by atoms with Gasteiger partial charge in [-0.1, -0.05) is 30.7 Å². The molecule has 0 bridgehead atoms. The molecule has 1 fully saturated rings. The highest BCUT2D eigenvalue weighted by molar-refractivity contribution is 5.85. The molecule has 1 heterocycles. The van der Waals surface area contributed by atoms with Gasteiger partial charge in [0.1, 0.15) is 17.7 Å². The van der Waals surface area contributed by atoms with Crippen molar-refractivity contribution in [2.24, 2.45) is 5.41 Å². The van der Waals surface area contributed by atoms with Crippen LogP contribution >= 0.6 is 0 Å². The largest absolute Gasteiger partial charge is 0.484 e. The summed E-state index contributed by atoms with van der Waals surface area (Å²) in [7, 11) is 0. The van der Waals surface area contributed by atoms with Crippen LogP contribution in [0.25, 0.3) is 16.6 Å². The van der Waals surface area contributed by atoms with E-state index >= 15 is 0 Å². The van der Waals surface area contributed by atoms with Gasteiger partial charge in [-0.2, -0.15) is 5.10 Å². The summed E-state index contributed by atoms with van der Waals surface area (Å²) in [5.74, 6) is 0.496. The predicted octanol–water partition coefficient (Wildman–Crippen LogP) is 6.21. The van der Waals surface area contributed by atoms with Crippen molar-refractivity contribution < 1.29 is 13.9 Å². The van der Waals surface area contributed by atoms with Crippen LogP contribution in [0.3, 0.4) is 0 Å². The number of aryl methyl sites for hydroxylation is 2. The van der Waals surface area contributed by atoms with E-state index in [-0.39, 0.29) is 29.3 Å². The van der Waals surface area contributed by atoms with Crippen LogP contribution in [0.5, 0.6) is 5.75 Å². The molecule has 5 rings (SSSR count). The lowest BCUT2D eigenvalue weighted by molar-refractivity contribution is -0.127. The fraction of sp³-hybridized carbons (Fsp3) is 0.310. The lowest BCUT2D eigenvalue weighted by Gasteiger charge is -2.29. The number of carbonyl (C=O) groups excluding carboxylic acids is 1. The summed E-state index contributed by atoms with van der Waals surface area (Å²) >= 11 is 0. The number of fused-ring (bicyclic) bond motifs is 1. The Morgan fingerprint density at radius 3 is 2.54 bits per heavy atom. The molecule has 1 aliphatic rings. The summed E-state index contributed by atoms with van der Waals surface area (Å²) in [6, 6.07) is 18.2. The normalized spacial score (nSPS) is 16.0. The van der Waals surface area contributed by atoms with Gasteiger partial charge in [-0.3, -0.25) is 4.79 Å². The highest BCUT2D eigenvalue weighted by atomic mass is 19.1. The summed E-state index contributed by atoms with van der Waals surface area (Å²) in [5, 5.41) is 8.60. The zero-order chi connectivity index (χ0) is 24.7. The van der Waals surface area contributed by atoms with E-state index in [1.54, 1.807) is 23.0 Å². The topological polar surface area (TPSA) is 56.1 Å². The van der Waals surface area contributed by atoms with E-state index < -0.39 is 0 Å². The zero-order valence-corrected chi connectivity index (χ0v) is 20.5. The van der Waals surface area contributed by atoms with Crippen molar-refractivity contribution in [2.45, 2.75) is 52.7 Å². The molecule has 3 aromatic carbocycles. The molecule has 4 aromatic rings. The molecule has 35 heavy (non-hydrogen) atoms. The Kier molecular flexibility index (Phi) is 5.83. The van der Waals surface area contributed by atoms with Gasteiger partial charge in [-0.05, 0) is 87.2 Å². The Hall–Kier alpha value is -3.67. The first-order chi connectivity index (χ1) is 16.7. The quantitative estimate of drug-likeness (QED) is 0.349. The third kappa shape index (κ3) is 4.65. The number of rotatable bonds is 7. The standard InChI is InChI=1S/C29H30FN3O2/c1-18-5-6-19(2)25(15-18)27(20(3)32-28(34)29(4)13-14-29)35-24-11-12-26-21(16-24)17-31-33(26)23-9-7-22(30)8-10-23/h5-12,15-17,20,27H,13-14H2,1-4H3,(H,32,34). The van der Waals surface area contributed by atoms with E-state index in [1.165, 1.54) is 12.1 Å². The predicted molar refractivity (Wildman–Crippen MR) is 135 cm³/mol. The number of hydrogen-bond donors (Lipinski definition) is 1. The SMILES string of the molecule is Cc1ccc(C)c(C(Oc2ccc3c(cnn3-c3ccc(F)cc3)c2)C(C)NC(=O)C2(C)CC2)c1. The molecular formula is C29H30FN3O2. The molecule has 1 amide bonds. The molecule has 0 aliphatic heterocycles. The summed E-state index contributed by atoms with van der Waals surface area (Å²) in [4.78, 5) is 12.8. The average molecular weight is 472 g/mol. The highest BCUT2D eigenvalue weighted by Gasteiger charge is 2.45. The van der Waals surface area contributed by atoms with Crippen LogP contribution in [0.1, 0.15) is 49.5 Å². The van der Waals surface area contributed by atoms with E-state index in [0.29, 0.717) is 5.75 Å². The Balaban J connectivity index is 1.46. The minimum absolute atomic E-state index is 0.0833. The Morgan fingerprint density at radius 1 is 1.09 bits per heavy atom. The van der Waals surface area contributed by atoms with Gasteiger partial charge >= 0.3 is 0 Å². The molecule has 0 saturated heterocycles. The van der Waals surface area contributed by atoms with Gasteiger partial charge in [0, 0.05) is 10.8 Å². The lowest BCUT2D eigenvalue weighted by atomic mass is 9.96. The maximum Gasteiger partial charge on any atom is 0.226 e. The average Bonchev–Trinajstić information content (AvgIpc) is 3.46. The zero-order valence-electron chi connectivity index (χ0n) is 20.5. The van der Waals surface area contributed by atoms with Crippen LogP contribution in [0.2, 0.25) is 0 Å². The number of carbonyl (C=O) groups is 1. The van der Waals surface area contributed by atoms with Crippen molar-refractivity contribution in [2.75, 3.05) is 0 Å². The van der Waals surface area contributed by atoms with Gasteiger partial charge in [0.25, 0.3) is 0 Å². The second-order valence-corrected chi connectivity index (χ2v) is 9.97. The number of ether oxygens (including phenoxy) is 1. The van der Waals surface area contributed by atoms with Crippen LogP contribution in [0.15, 0.2) is 66.9 Å². The van der Waals surface area contributed by atoms with Gasteiger partial charge in [0.2, 0.25) is 5.91 Å². The van der Waals surface area contributed by atoms with Crippen molar-refractivity contribution >= 4 is 16.8 Å². The Morgan fingerprint density at radius 2 is 1.83 bits per heavy atom. The third-order valence-corrected chi connectivity index (χ3v) is 6.98. The second kappa shape index (κ2) is 8.84. The van der Waals surface area contributed by atoms with Gasteiger partial charge in [0.05, 0.1) is 23.4 Å². The Labute approximate surface area is 204 Å². The molecule has 2 atom stereocenters. The van der Waals surface area contributed by atoms with Crippen LogP contribution in [0.4, 0.5) is 4.39 Å². The summed E-state index contributed by atoms with van der Waals surface area (Å²) in [5.41, 5.74) is 4.74. The molecule has 1 saturated carbocycles. The van der Waals surface area contributed by atoms with Crippen molar-refractivity contribution in [3.8, 4) is 11.4 Å². The van der Waals surface area contributed by atoms with Gasteiger partial charge in [0.15, 0.2) is 0 Å². The smallest absolute Gasteiger partial charge is 0.226 e. The third-order valence-electron chi connectivity index (χ3n) is 6.98. The fourth-order valence-corrected chi connectivity index (χ4v) is 4.39. The fourth-order valence-electron chi connectivity index (χ4n) is 4.39. The number of halogens is 1. The lowest BCUT2D eigenvalue weighted by Crippen LogP contribution is -2.42. The van der Waals surface area contributed by atoms with Crippen molar-refractivity contribution in [1.82, 2.24) is 15.1 Å². The maximum absolute atomic E-state index is 13.4. The van der Waals surface area contributed by atoms with E-state index in [2.05, 4.69) is 42.5 Å². The minimum Gasteiger partial charge on any atom is -0.484 e. The highest BCUT2D eigenvalue weighted by Crippen LogP contribution is 2.45. The maximum atomic E-state index is 13.4. The van der Waals surface area contributed by atoms with Crippen LogP contribution < -0.4 is 10.1 Å². The molecule has 5 nitrogen and oxygen atoms in total. The van der Waals surface area contributed by atoms with Crippen molar-refractivity contribution in [1.29, 1.82) is 0 Å². The number of nitrogens with zero attached hydrogens (tertiary/aromatic N) is 2. The molecule has 0 spiro atoms. The van der Waals surface area contributed by atoms with Crippen molar-refractivity contribution in [3.05, 3.63) is 89.4 Å². The molecule has 1 aromatic heterocycles. The van der Waals surface area contributed by atoms with E-state index in [0.717, 1.165) is 46.1 Å². The number of hydrogen-bond acceptors (Lipinski definition) is 3. The van der Waals surface area contributed by atoms with Gasteiger partial charge in [-0.15, -0.1) is 0 Å². The molecule has 1 N–H and O–H groups in total. The molecule has 6 heteroatoms. The monoisotopic (exact) mass is 471 g/mol. The first kappa shape index (κ1) is 23.1. The molecule has 180 valence electrons. The number of nitrogens with one attached hydrogen (secondary N) is 1. The molecular weight excluding hydrogens is 441 g/mol. The minimum atomic E-state index is -0.356. The van der Waals surface area contributed by atoms with E-state index in [1.807, 2.05) is 32.0 Å². The second-order valence-electron chi connectivity index (χ2n) is 9.97. The van der Waals surface area contributed by atoms with Crippen LogP contribution in [-0.2, 0) is 4.79 Å². The summed E-state index contributed by atoms with van der Waals surface area (Å²) < 4.78 is 21.7. The van der Waals surface area contributed by atoms with Gasteiger partial charge in [-0.25, -0.2) is 9.07 Å². The molecule has 0 radical (unpaired) electrons. The first-order valence-electron chi connectivity index (χ1n) is 12.0. The molecule has 1 aliphatic carbocycles. The Bertz CT molecular complexity index is 1390. The first-order valence-corrected chi connectivity index (χ1v) is 12.0. The number of amides is 1. The molecule has 2 unspecified atom stereocenters. The number of aromatic nitrogens is 2. The number of benzene rings is 3. The van der Waals surface area contributed by atoms with Crippen molar-refractivity contribution in [3.63, 3.8) is 0 Å². The van der Waals surface area contributed by atoms with Crippen LogP contribution in [-0.4, -0.2) is 21.7 Å². The van der Waals surface area contributed by atoms with Crippen LogP contribution in [0, 0.1) is 25.1 Å². The van der Waals surface area contributed by atoms with E-state index in [4.69, 9.17) is 4.74 Å². The van der Waals surface area contributed by atoms with Gasteiger partial charge < -0.3 is 10.1 Å².